The molecule has 0 amide bonds. The smallest absolute Gasteiger partial charge is 0.317 e. The molecule has 4 nitrogen and oxygen atoms in total. The molecule has 1 aliphatic rings. The summed E-state index contributed by atoms with van der Waals surface area (Å²) >= 11 is 0. The molecule has 1 aliphatic carbocycles. The van der Waals surface area contributed by atoms with Crippen molar-refractivity contribution in [2.75, 3.05) is 26.3 Å². The first-order valence-electron chi connectivity index (χ1n) is 5.27. The van der Waals surface area contributed by atoms with Gasteiger partial charge in [0.1, 0.15) is 0 Å². The molecule has 0 aromatic carbocycles. The number of carboxylic acids is 1. The van der Waals surface area contributed by atoms with Crippen molar-refractivity contribution in [2.24, 2.45) is 0 Å². The first kappa shape index (κ1) is 11.5. The van der Waals surface area contributed by atoms with Crippen LogP contribution in [0.1, 0.15) is 26.2 Å². The first-order chi connectivity index (χ1) is 6.74. The van der Waals surface area contributed by atoms with E-state index in [1.54, 1.807) is 0 Å². The third-order valence-electron chi connectivity index (χ3n) is 2.34. The van der Waals surface area contributed by atoms with E-state index in [9.17, 15) is 4.79 Å². The van der Waals surface area contributed by atoms with E-state index in [0.29, 0.717) is 6.04 Å². The van der Waals surface area contributed by atoms with Gasteiger partial charge >= 0.3 is 5.97 Å². The van der Waals surface area contributed by atoms with Crippen LogP contribution in [0.25, 0.3) is 0 Å². The van der Waals surface area contributed by atoms with Crippen molar-refractivity contribution in [3.63, 3.8) is 0 Å². The highest BCUT2D eigenvalue weighted by molar-refractivity contribution is 5.69. The topological polar surface area (TPSA) is 49.8 Å². The molecule has 0 unspecified atom stereocenters. The van der Waals surface area contributed by atoms with Crippen LogP contribution in [0, 0.1) is 0 Å². The maximum Gasteiger partial charge on any atom is 0.317 e. The molecule has 0 aromatic rings. The molecule has 1 rings (SSSR count). The van der Waals surface area contributed by atoms with Crippen LogP contribution in [-0.4, -0.2) is 48.3 Å². The SMILES string of the molecule is CCOCCCN(CC(=O)O)C1CC1. The Labute approximate surface area is 84.8 Å². The van der Waals surface area contributed by atoms with Crippen LogP contribution >= 0.6 is 0 Å². The molecule has 0 aromatic heterocycles. The average molecular weight is 201 g/mol. The maximum absolute atomic E-state index is 10.6. The van der Waals surface area contributed by atoms with E-state index in [0.717, 1.165) is 39.0 Å². The van der Waals surface area contributed by atoms with E-state index >= 15 is 0 Å². The second kappa shape index (κ2) is 5.98. The van der Waals surface area contributed by atoms with Crippen LogP contribution in [0.5, 0.6) is 0 Å². The molecule has 14 heavy (non-hydrogen) atoms. The molecule has 1 saturated carbocycles. The Kier molecular flexibility index (Phi) is 4.90. The molecule has 0 radical (unpaired) electrons. The normalized spacial score (nSPS) is 16.1. The van der Waals surface area contributed by atoms with Crippen LogP contribution in [-0.2, 0) is 9.53 Å². The molecule has 0 spiro atoms. The summed E-state index contributed by atoms with van der Waals surface area (Å²) in [5, 5.41) is 8.69. The first-order valence-corrected chi connectivity index (χ1v) is 5.27. The Morgan fingerprint density at radius 2 is 2.29 bits per heavy atom. The highest BCUT2D eigenvalue weighted by atomic mass is 16.5. The van der Waals surface area contributed by atoms with Gasteiger partial charge in [-0.25, -0.2) is 0 Å². The summed E-state index contributed by atoms with van der Waals surface area (Å²) in [7, 11) is 0. The minimum absolute atomic E-state index is 0.177. The second-order valence-corrected chi connectivity index (χ2v) is 3.65. The van der Waals surface area contributed by atoms with Gasteiger partial charge in [0, 0.05) is 25.8 Å². The average Bonchev–Trinajstić information content (AvgIpc) is 2.92. The van der Waals surface area contributed by atoms with Gasteiger partial charge in [-0.15, -0.1) is 0 Å². The van der Waals surface area contributed by atoms with Gasteiger partial charge in [0.2, 0.25) is 0 Å². The van der Waals surface area contributed by atoms with Crippen molar-refractivity contribution < 1.29 is 14.6 Å². The molecule has 0 aliphatic heterocycles. The fourth-order valence-electron chi connectivity index (χ4n) is 1.52. The molecule has 0 heterocycles. The van der Waals surface area contributed by atoms with Crippen LogP contribution in [0.15, 0.2) is 0 Å². The predicted octanol–water partition coefficient (Wildman–Crippen LogP) is 0.962. The van der Waals surface area contributed by atoms with Crippen LogP contribution < -0.4 is 0 Å². The molecule has 4 heteroatoms. The van der Waals surface area contributed by atoms with Gasteiger partial charge in [0.05, 0.1) is 6.54 Å². The summed E-state index contributed by atoms with van der Waals surface area (Å²) < 4.78 is 5.21. The van der Waals surface area contributed by atoms with Gasteiger partial charge in [0.15, 0.2) is 0 Å². The Balaban J connectivity index is 2.12. The summed E-state index contributed by atoms with van der Waals surface area (Å²) in [4.78, 5) is 12.6. The van der Waals surface area contributed by atoms with Crippen LogP contribution in [0.2, 0.25) is 0 Å². The monoisotopic (exact) mass is 201 g/mol. The van der Waals surface area contributed by atoms with E-state index in [1.165, 1.54) is 0 Å². The molecular formula is C10H19NO3. The van der Waals surface area contributed by atoms with Gasteiger partial charge in [0.25, 0.3) is 0 Å². The lowest BCUT2D eigenvalue weighted by Crippen LogP contribution is -2.33. The van der Waals surface area contributed by atoms with E-state index in [1.807, 2.05) is 11.8 Å². The van der Waals surface area contributed by atoms with Gasteiger partial charge < -0.3 is 9.84 Å². The van der Waals surface area contributed by atoms with Gasteiger partial charge in [-0.3, -0.25) is 9.69 Å². The van der Waals surface area contributed by atoms with Crippen molar-refractivity contribution >= 4 is 5.97 Å². The van der Waals surface area contributed by atoms with E-state index < -0.39 is 5.97 Å². The third kappa shape index (κ3) is 4.58. The predicted molar refractivity (Wildman–Crippen MR) is 53.3 cm³/mol. The highest BCUT2D eigenvalue weighted by Crippen LogP contribution is 2.26. The molecule has 82 valence electrons. The molecule has 1 fully saturated rings. The zero-order valence-electron chi connectivity index (χ0n) is 8.74. The van der Waals surface area contributed by atoms with E-state index in [2.05, 4.69) is 0 Å². The lowest BCUT2D eigenvalue weighted by Gasteiger charge is -2.19. The van der Waals surface area contributed by atoms with Crippen molar-refractivity contribution in [1.29, 1.82) is 0 Å². The Morgan fingerprint density at radius 1 is 1.57 bits per heavy atom. The third-order valence-corrected chi connectivity index (χ3v) is 2.34. The largest absolute Gasteiger partial charge is 0.480 e. The lowest BCUT2D eigenvalue weighted by atomic mass is 10.3. The number of carbonyl (C=O) groups is 1. The lowest BCUT2D eigenvalue weighted by molar-refractivity contribution is -0.138. The summed E-state index contributed by atoms with van der Waals surface area (Å²) in [5.74, 6) is -0.728. The molecule has 0 bridgehead atoms. The number of hydrogen-bond donors (Lipinski definition) is 1. The van der Waals surface area contributed by atoms with Crippen molar-refractivity contribution in [1.82, 2.24) is 4.90 Å². The zero-order chi connectivity index (χ0) is 10.4. The number of ether oxygens (including phenoxy) is 1. The zero-order valence-corrected chi connectivity index (χ0v) is 8.74. The molecular weight excluding hydrogens is 182 g/mol. The molecule has 1 N–H and O–H groups in total. The Bertz CT molecular complexity index is 180. The summed E-state index contributed by atoms with van der Waals surface area (Å²) in [6.07, 6.45) is 3.24. The minimum atomic E-state index is -0.728. The number of hydrogen-bond acceptors (Lipinski definition) is 3. The van der Waals surface area contributed by atoms with Crippen LogP contribution in [0.3, 0.4) is 0 Å². The van der Waals surface area contributed by atoms with Crippen LogP contribution in [0.4, 0.5) is 0 Å². The fraction of sp³-hybridized carbons (Fsp3) is 0.900. The van der Waals surface area contributed by atoms with Crippen molar-refractivity contribution in [3.8, 4) is 0 Å². The summed E-state index contributed by atoms with van der Waals surface area (Å²) in [5.41, 5.74) is 0. The van der Waals surface area contributed by atoms with E-state index in [-0.39, 0.29) is 6.54 Å². The highest BCUT2D eigenvalue weighted by Gasteiger charge is 2.29. The molecule has 0 saturated heterocycles. The summed E-state index contributed by atoms with van der Waals surface area (Å²) in [6.45, 7) is 4.46. The Morgan fingerprint density at radius 3 is 2.79 bits per heavy atom. The quantitative estimate of drug-likeness (QED) is 0.594. The van der Waals surface area contributed by atoms with Gasteiger partial charge in [-0.05, 0) is 26.2 Å². The van der Waals surface area contributed by atoms with Crippen molar-refractivity contribution in [3.05, 3.63) is 0 Å². The Hall–Kier alpha value is -0.610. The fourth-order valence-corrected chi connectivity index (χ4v) is 1.52. The number of nitrogens with zero attached hydrogens (tertiary/aromatic N) is 1. The number of rotatable bonds is 8. The van der Waals surface area contributed by atoms with Gasteiger partial charge in [-0.2, -0.15) is 0 Å². The minimum Gasteiger partial charge on any atom is -0.480 e. The number of carboxylic acid groups (broad SMARTS) is 1. The standard InChI is InChI=1S/C10H19NO3/c1-2-14-7-3-6-11(8-10(12)13)9-4-5-9/h9H,2-8H2,1H3,(H,12,13). The maximum atomic E-state index is 10.6. The van der Waals surface area contributed by atoms with E-state index in [4.69, 9.17) is 9.84 Å². The summed E-state index contributed by atoms with van der Waals surface area (Å²) in [6, 6.07) is 0.521. The number of aliphatic carboxylic acids is 1. The second-order valence-electron chi connectivity index (χ2n) is 3.65. The van der Waals surface area contributed by atoms with Crippen molar-refractivity contribution in [2.45, 2.75) is 32.2 Å². The molecule has 0 atom stereocenters. The van der Waals surface area contributed by atoms with Gasteiger partial charge in [-0.1, -0.05) is 0 Å².